The molecule has 0 bridgehead atoms. The molecule has 0 saturated heterocycles. The lowest BCUT2D eigenvalue weighted by atomic mass is 9.93. The average molecular weight is 375 g/mol. The highest BCUT2D eigenvalue weighted by atomic mass is 35.5. The molecule has 1 aliphatic heterocycles. The van der Waals surface area contributed by atoms with Gasteiger partial charge in [-0.3, -0.25) is 4.79 Å². The summed E-state index contributed by atoms with van der Waals surface area (Å²) in [4.78, 5) is 28.5. The topological polar surface area (TPSA) is 78.7 Å². The molecule has 0 aliphatic carbocycles. The minimum atomic E-state index is -0.611. The summed E-state index contributed by atoms with van der Waals surface area (Å²) in [6.45, 7) is 3.47. The number of hydrogen-bond acceptors (Lipinski definition) is 4. The van der Waals surface area contributed by atoms with Crippen molar-refractivity contribution in [2.75, 3.05) is 19.4 Å². The van der Waals surface area contributed by atoms with Gasteiger partial charge in [0, 0.05) is 30.9 Å². The minimum absolute atomic E-state index is 0.221. The van der Waals surface area contributed by atoms with Crippen LogP contribution in [0, 0.1) is 6.92 Å². The molecule has 1 atom stereocenters. The molecule has 0 fully saturated rings. The molecule has 1 aromatic carbocycles. The number of hydrogen-bond donors (Lipinski definition) is 1. The van der Waals surface area contributed by atoms with Gasteiger partial charge in [-0.05, 0) is 25.5 Å². The summed E-state index contributed by atoms with van der Waals surface area (Å²) in [6, 6.07) is 7.96. The predicted molar refractivity (Wildman–Crippen MR) is 97.7 cm³/mol. The van der Waals surface area contributed by atoms with Gasteiger partial charge in [0.05, 0.1) is 11.6 Å². The Kier molecular flexibility index (Phi) is 4.73. The van der Waals surface area contributed by atoms with E-state index < -0.39 is 6.04 Å². The maximum atomic E-state index is 13.0. The van der Waals surface area contributed by atoms with Crippen LogP contribution in [0.3, 0.4) is 0 Å². The standard InChI is InChI=1S/C18H19ClN4O3/c1-10-9-14(21-26-10)20-17(24)15-11(2)22(3)18(25)23(4)16(15)12-7-5-6-8-13(12)19/h5-9,16H,1-4H3,(H,20,21,24). The second-order valence-electron chi connectivity index (χ2n) is 6.15. The van der Waals surface area contributed by atoms with E-state index in [-0.39, 0.29) is 11.9 Å². The van der Waals surface area contributed by atoms with Crippen molar-refractivity contribution in [3.05, 3.63) is 57.9 Å². The van der Waals surface area contributed by atoms with Crippen molar-refractivity contribution in [3.63, 3.8) is 0 Å². The van der Waals surface area contributed by atoms with E-state index in [1.807, 2.05) is 12.1 Å². The number of allylic oxidation sites excluding steroid dienone is 1. The summed E-state index contributed by atoms with van der Waals surface area (Å²) >= 11 is 6.36. The van der Waals surface area contributed by atoms with Crippen LogP contribution in [0.5, 0.6) is 0 Å². The number of anilines is 1. The molecule has 26 heavy (non-hydrogen) atoms. The van der Waals surface area contributed by atoms with Crippen molar-refractivity contribution >= 4 is 29.4 Å². The molecule has 3 rings (SSSR count). The Morgan fingerprint density at radius 3 is 2.58 bits per heavy atom. The Balaban J connectivity index is 2.08. The second-order valence-corrected chi connectivity index (χ2v) is 6.56. The van der Waals surface area contributed by atoms with Crippen molar-refractivity contribution in [3.8, 4) is 0 Å². The largest absolute Gasteiger partial charge is 0.360 e. The maximum Gasteiger partial charge on any atom is 0.324 e. The van der Waals surface area contributed by atoms with Crippen molar-refractivity contribution in [1.82, 2.24) is 15.0 Å². The van der Waals surface area contributed by atoms with Crippen molar-refractivity contribution in [1.29, 1.82) is 0 Å². The van der Waals surface area contributed by atoms with Crippen molar-refractivity contribution in [2.45, 2.75) is 19.9 Å². The predicted octanol–water partition coefficient (Wildman–Crippen LogP) is 3.59. The molecule has 2 aromatic rings. The lowest BCUT2D eigenvalue weighted by Gasteiger charge is -2.40. The monoisotopic (exact) mass is 374 g/mol. The van der Waals surface area contributed by atoms with E-state index in [0.29, 0.717) is 33.4 Å². The highest BCUT2D eigenvalue weighted by Gasteiger charge is 2.39. The summed E-state index contributed by atoms with van der Waals surface area (Å²) in [5.74, 6) is 0.529. The summed E-state index contributed by atoms with van der Waals surface area (Å²) in [5.41, 5.74) is 1.65. The fourth-order valence-corrected chi connectivity index (χ4v) is 3.26. The van der Waals surface area contributed by atoms with Gasteiger partial charge < -0.3 is 19.6 Å². The van der Waals surface area contributed by atoms with Gasteiger partial charge in [0.1, 0.15) is 5.76 Å². The number of amides is 3. The van der Waals surface area contributed by atoms with Crippen LogP contribution >= 0.6 is 11.6 Å². The molecule has 3 amide bonds. The lowest BCUT2D eigenvalue weighted by molar-refractivity contribution is -0.113. The zero-order valence-corrected chi connectivity index (χ0v) is 15.7. The zero-order valence-electron chi connectivity index (χ0n) is 14.9. The highest BCUT2D eigenvalue weighted by Crippen LogP contribution is 2.38. The van der Waals surface area contributed by atoms with Gasteiger partial charge in [-0.2, -0.15) is 0 Å². The van der Waals surface area contributed by atoms with Crippen LogP contribution in [-0.2, 0) is 4.79 Å². The first-order chi connectivity index (χ1) is 12.3. The second kappa shape index (κ2) is 6.84. The third-order valence-corrected chi connectivity index (χ3v) is 4.80. The van der Waals surface area contributed by atoms with E-state index in [1.54, 1.807) is 46.1 Å². The third-order valence-electron chi connectivity index (χ3n) is 4.46. The van der Waals surface area contributed by atoms with E-state index in [0.717, 1.165) is 0 Å². The molecule has 7 nitrogen and oxygen atoms in total. The zero-order chi connectivity index (χ0) is 19.0. The molecule has 8 heteroatoms. The average Bonchev–Trinajstić information content (AvgIpc) is 3.01. The first kappa shape index (κ1) is 18.0. The molecular formula is C18H19ClN4O3. The van der Waals surface area contributed by atoms with Gasteiger partial charge in [0.2, 0.25) is 0 Å². The smallest absolute Gasteiger partial charge is 0.324 e. The number of nitrogens with zero attached hydrogens (tertiary/aromatic N) is 3. The quantitative estimate of drug-likeness (QED) is 0.890. The van der Waals surface area contributed by atoms with Gasteiger partial charge in [-0.1, -0.05) is 35.0 Å². The van der Waals surface area contributed by atoms with E-state index in [2.05, 4.69) is 10.5 Å². The van der Waals surface area contributed by atoms with Crippen molar-refractivity contribution in [2.24, 2.45) is 0 Å². The fourth-order valence-electron chi connectivity index (χ4n) is 3.02. The van der Waals surface area contributed by atoms with Crippen LogP contribution in [0.15, 0.2) is 46.1 Å². The van der Waals surface area contributed by atoms with Gasteiger partial charge in [0.25, 0.3) is 5.91 Å². The van der Waals surface area contributed by atoms with Crippen LogP contribution in [0.4, 0.5) is 10.6 Å². The molecule has 1 unspecified atom stereocenters. The highest BCUT2D eigenvalue weighted by molar-refractivity contribution is 6.31. The molecule has 1 N–H and O–H groups in total. The first-order valence-corrected chi connectivity index (χ1v) is 8.39. The normalized spacial score (nSPS) is 17.7. The van der Waals surface area contributed by atoms with Crippen molar-refractivity contribution < 1.29 is 14.1 Å². The number of halogens is 1. The van der Waals surface area contributed by atoms with E-state index in [1.165, 1.54) is 9.80 Å². The number of rotatable bonds is 3. The molecule has 0 saturated carbocycles. The molecule has 136 valence electrons. The Morgan fingerprint density at radius 1 is 1.27 bits per heavy atom. The number of aryl methyl sites for hydroxylation is 1. The number of carbonyl (C=O) groups is 2. The molecule has 1 aliphatic rings. The SMILES string of the molecule is CC1=C(C(=O)Nc2cc(C)on2)C(c2ccccc2Cl)N(C)C(=O)N1C. The summed E-state index contributed by atoms with van der Waals surface area (Å²) in [6.07, 6.45) is 0. The molecule has 2 heterocycles. The van der Waals surface area contributed by atoms with Crippen LogP contribution < -0.4 is 5.32 Å². The maximum absolute atomic E-state index is 13.0. The summed E-state index contributed by atoms with van der Waals surface area (Å²) in [7, 11) is 3.28. The van der Waals surface area contributed by atoms with E-state index in [9.17, 15) is 9.59 Å². The molecular weight excluding hydrogens is 356 g/mol. The summed E-state index contributed by atoms with van der Waals surface area (Å²) < 4.78 is 4.99. The number of nitrogens with one attached hydrogen (secondary N) is 1. The Morgan fingerprint density at radius 2 is 1.96 bits per heavy atom. The summed E-state index contributed by atoms with van der Waals surface area (Å²) in [5, 5.41) is 7.01. The first-order valence-electron chi connectivity index (χ1n) is 8.01. The number of urea groups is 1. The Bertz CT molecular complexity index is 905. The van der Waals surface area contributed by atoms with Gasteiger partial charge >= 0.3 is 6.03 Å². The number of aromatic nitrogens is 1. The Hall–Kier alpha value is -2.80. The van der Waals surface area contributed by atoms with Crippen LogP contribution in [0.2, 0.25) is 5.02 Å². The minimum Gasteiger partial charge on any atom is -0.360 e. The lowest BCUT2D eigenvalue weighted by Crippen LogP contribution is -2.47. The van der Waals surface area contributed by atoms with Crippen LogP contribution in [0.25, 0.3) is 0 Å². The van der Waals surface area contributed by atoms with Gasteiger partial charge in [0.15, 0.2) is 5.82 Å². The van der Waals surface area contributed by atoms with E-state index in [4.69, 9.17) is 16.1 Å². The molecule has 0 radical (unpaired) electrons. The van der Waals surface area contributed by atoms with Gasteiger partial charge in [-0.25, -0.2) is 4.79 Å². The number of carbonyl (C=O) groups excluding carboxylic acids is 2. The van der Waals surface area contributed by atoms with Gasteiger partial charge in [-0.15, -0.1) is 0 Å². The van der Waals surface area contributed by atoms with E-state index >= 15 is 0 Å². The molecule has 0 spiro atoms. The number of benzene rings is 1. The Labute approximate surface area is 156 Å². The number of likely N-dealkylation sites (N-methyl/N-ethyl adjacent to an activating group) is 1. The third kappa shape index (κ3) is 3.06. The fraction of sp³-hybridized carbons (Fsp3) is 0.278. The van der Waals surface area contributed by atoms with Crippen LogP contribution in [0.1, 0.15) is 24.3 Å². The van der Waals surface area contributed by atoms with Crippen LogP contribution in [-0.4, -0.2) is 41.0 Å². The molecule has 1 aromatic heterocycles.